The van der Waals surface area contributed by atoms with Crippen molar-refractivity contribution in [2.75, 3.05) is 13.1 Å². The molecule has 0 N–H and O–H groups in total. The molecule has 1 unspecified atom stereocenters. The van der Waals surface area contributed by atoms with Crippen LogP contribution in [0.5, 0.6) is 0 Å². The van der Waals surface area contributed by atoms with Crippen molar-refractivity contribution in [3.05, 3.63) is 0 Å². The molecule has 0 aliphatic carbocycles. The molecular weight excluding hydrogens is 138 g/mol. The number of carbonyl (C=O) groups excluding carboxylic acids is 1. The molecule has 1 saturated heterocycles. The molecule has 1 fully saturated rings. The molecule has 0 aromatic carbocycles. The standard InChI is InChI=1S/C9H17NO/c1-7(2)10-5-8(3)4-9(11)6-10/h7-8H,4-6H2,1-3H3. The van der Waals surface area contributed by atoms with Crippen molar-refractivity contribution in [2.24, 2.45) is 5.92 Å². The van der Waals surface area contributed by atoms with E-state index < -0.39 is 0 Å². The van der Waals surface area contributed by atoms with Crippen molar-refractivity contribution in [1.29, 1.82) is 0 Å². The lowest BCUT2D eigenvalue weighted by Crippen LogP contribution is -2.43. The molecule has 0 bridgehead atoms. The van der Waals surface area contributed by atoms with Gasteiger partial charge < -0.3 is 0 Å². The van der Waals surface area contributed by atoms with Crippen LogP contribution in [0.1, 0.15) is 27.2 Å². The number of hydrogen-bond acceptors (Lipinski definition) is 2. The third kappa shape index (κ3) is 2.29. The van der Waals surface area contributed by atoms with Crippen LogP contribution in [-0.2, 0) is 4.79 Å². The van der Waals surface area contributed by atoms with Crippen LogP contribution in [0, 0.1) is 5.92 Å². The Balaban J connectivity index is 2.49. The van der Waals surface area contributed by atoms with Crippen LogP contribution in [0.3, 0.4) is 0 Å². The molecule has 64 valence electrons. The number of rotatable bonds is 1. The van der Waals surface area contributed by atoms with Gasteiger partial charge in [-0.3, -0.25) is 9.69 Å². The summed E-state index contributed by atoms with van der Waals surface area (Å²) in [6.07, 6.45) is 0.781. The van der Waals surface area contributed by atoms with E-state index in [1.807, 2.05) is 0 Å². The summed E-state index contributed by atoms with van der Waals surface area (Å²) < 4.78 is 0. The zero-order valence-electron chi connectivity index (χ0n) is 7.63. The van der Waals surface area contributed by atoms with Gasteiger partial charge in [0, 0.05) is 19.0 Å². The Morgan fingerprint density at radius 1 is 1.55 bits per heavy atom. The van der Waals surface area contributed by atoms with Gasteiger partial charge in [0.15, 0.2) is 0 Å². The van der Waals surface area contributed by atoms with Crippen molar-refractivity contribution in [3.8, 4) is 0 Å². The molecule has 1 atom stereocenters. The maximum atomic E-state index is 11.1. The average Bonchev–Trinajstić information content (AvgIpc) is 1.85. The summed E-state index contributed by atoms with van der Waals surface area (Å²) in [6, 6.07) is 0.515. The van der Waals surface area contributed by atoms with Crippen LogP contribution >= 0.6 is 0 Å². The summed E-state index contributed by atoms with van der Waals surface area (Å²) in [5, 5.41) is 0. The van der Waals surface area contributed by atoms with Crippen molar-refractivity contribution in [1.82, 2.24) is 4.90 Å². The van der Waals surface area contributed by atoms with Gasteiger partial charge in [-0.15, -0.1) is 0 Å². The quantitative estimate of drug-likeness (QED) is 0.569. The minimum Gasteiger partial charge on any atom is -0.298 e. The van der Waals surface area contributed by atoms with E-state index in [9.17, 15) is 4.79 Å². The number of nitrogens with zero attached hydrogens (tertiary/aromatic N) is 1. The predicted octanol–water partition coefficient (Wildman–Crippen LogP) is 1.31. The first kappa shape index (κ1) is 8.72. The second-order valence-electron chi connectivity index (χ2n) is 3.87. The van der Waals surface area contributed by atoms with Crippen LogP contribution in [0.15, 0.2) is 0 Å². The monoisotopic (exact) mass is 155 g/mol. The normalized spacial score (nSPS) is 28.0. The smallest absolute Gasteiger partial charge is 0.147 e. The van der Waals surface area contributed by atoms with Crippen molar-refractivity contribution < 1.29 is 4.79 Å². The molecule has 2 heteroatoms. The molecule has 0 aromatic rings. The van der Waals surface area contributed by atoms with Crippen molar-refractivity contribution in [3.63, 3.8) is 0 Å². The molecule has 0 aromatic heterocycles. The molecule has 2 nitrogen and oxygen atoms in total. The van der Waals surface area contributed by atoms with Crippen LogP contribution in [0.4, 0.5) is 0 Å². The Labute approximate surface area is 68.6 Å². The molecule has 1 aliphatic heterocycles. The molecule has 0 radical (unpaired) electrons. The van der Waals surface area contributed by atoms with Gasteiger partial charge >= 0.3 is 0 Å². The van der Waals surface area contributed by atoms with Crippen LogP contribution in [0.25, 0.3) is 0 Å². The fraction of sp³-hybridized carbons (Fsp3) is 0.889. The Kier molecular flexibility index (Phi) is 2.66. The van der Waals surface area contributed by atoms with Gasteiger partial charge in [0.25, 0.3) is 0 Å². The van der Waals surface area contributed by atoms with Gasteiger partial charge in [-0.1, -0.05) is 6.92 Å². The summed E-state index contributed by atoms with van der Waals surface area (Å²) >= 11 is 0. The summed E-state index contributed by atoms with van der Waals surface area (Å²) in [5.74, 6) is 0.955. The summed E-state index contributed by atoms with van der Waals surface area (Å²) in [7, 11) is 0. The third-order valence-corrected chi connectivity index (χ3v) is 2.23. The fourth-order valence-electron chi connectivity index (χ4n) is 1.60. The minimum atomic E-state index is 0.400. The topological polar surface area (TPSA) is 20.3 Å². The lowest BCUT2D eigenvalue weighted by Gasteiger charge is -2.32. The summed E-state index contributed by atoms with van der Waals surface area (Å²) in [4.78, 5) is 13.4. The van der Waals surface area contributed by atoms with E-state index in [1.54, 1.807) is 0 Å². The Bertz CT molecular complexity index is 154. The Morgan fingerprint density at radius 2 is 2.18 bits per heavy atom. The first-order valence-corrected chi connectivity index (χ1v) is 4.35. The highest BCUT2D eigenvalue weighted by Crippen LogP contribution is 2.14. The highest BCUT2D eigenvalue weighted by Gasteiger charge is 2.23. The van der Waals surface area contributed by atoms with Crippen LogP contribution < -0.4 is 0 Å². The van der Waals surface area contributed by atoms with Gasteiger partial charge in [0.2, 0.25) is 0 Å². The first-order valence-electron chi connectivity index (χ1n) is 4.35. The number of carbonyl (C=O) groups is 1. The first-order chi connectivity index (χ1) is 5.09. The van der Waals surface area contributed by atoms with E-state index in [2.05, 4.69) is 25.7 Å². The molecule has 0 spiro atoms. The minimum absolute atomic E-state index is 0.400. The highest BCUT2D eigenvalue weighted by atomic mass is 16.1. The maximum absolute atomic E-state index is 11.1. The molecule has 0 saturated carbocycles. The van der Waals surface area contributed by atoms with Crippen molar-refractivity contribution in [2.45, 2.75) is 33.2 Å². The largest absolute Gasteiger partial charge is 0.298 e. The van der Waals surface area contributed by atoms with E-state index in [0.717, 1.165) is 13.0 Å². The van der Waals surface area contributed by atoms with E-state index >= 15 is 0 Å². The molecule has 1 heterocycles. The number of hydrogen-bond donors (Lipinski definition) is 0. The number of likely N-dealkylation sites (tertiary alicyclic amines) is 1. The van der Waals surface area contributed by atoms with Gasteiger partial charge in [-0.25, -0.2) is 0 Å². The van der Waals surface area contributed by atoms with Crippen LogP contribution in [-0.4, -0.2) is 29.8 Å². The lowest BCUT2D eigenvalue weighted by atomic mass is 9.98. The van der Waals surface area contributed by atoms with Gasteiger partial charge in [-0.05, 0) is 19.8 Å². The van der Waals surface area contributed by atoms with E-state index in [0.29, 0.717) is 24.3 Å². The summed E-state index contributed by atoms with van der Waals surface area (Å²) in [5.41, 5.74) is 0. The number of piperidine rings is 1. The molecule has 11 heavy (non-hydrogen) atoms. The third-order valence-electron chi connectivity index (χ3n) is 2.23. The van der Waals surface area contributed by atoms with E-state index in [4.69, 9.17) is 0 Å². The second-order valence-corrected chi connectivity index (χ2v) is 3.87. The predicted molar refractivity (Wildman–Crippen MR) is 45.5 cm³/mol. The zero-order chi connectivity index (χ0) is 8.43. The average molecular weight is 155 g/mol. The number of ketones is 1. The van der Waals surface area contributed by atoms with Gasteiger partial charge in [0.05, 0.1) is 6.54 Å². The SMILES string of the molecule is CC1CC(=O)CN(C(C)C)C1. The molecule has 0 amide bonds. The fourth-order valence-corrected chi connectivity index (χ4v) is 1.60. The Morgan fingerprint density at radius 3 is 2.64 bits per heavy atom. The number of Topliss-reactive ketones (excluding diaryl/α,β-unsaturated/α-hetero) is 1. The summed E-state index contributed by atoms with van der Waals surface area (Å²) in [6.45, 7) is 8.19. The molecule has 1 aliphatic rings. The van der Waals surface area contributed by atoms with Crippen LogP contribution in [0.2, 0.25) is 0 Å². The zero-order valence-corrected chi connectivity index (χ0v) is 7.63. The Hall–Kier alpha value is -0.370. The van der Waals surface area contributed by atoms with Crippen molar-refractivity contribution >= 4 is 5.78 Å². The van der Waals surface area contributed by atoms with E-state index in [-0.39, 0.29) is 0 Å². The van der Waals surface area contributed by atoms with Gasteiger partial charge in [-0.2, -0.15) is 0 Å². The second kappa shape index (κ2) is 3.35. The lowest BCUT2D eigenvalue weighted by molar-refractivity contribution is -0.124. The molecule has 1 rings (SSSR count). The maximum Gasteiger partial charge on any atom is 0.147 e. The highest BCUT2D eigenvalue weighted by molar-refractivity contribution is 5.81. The van der Waals surface area contributed by atoms with E-state index in [1.165, 1.54) is 0 Å². The van der Waals surface area contributed by atoms with Gasteiger partial charge in [0.1, 0.15) is 5.78 Å². The molecular formula is C9H17NO.